The summed E-state index contributed by atoms with van der Waals surface area (Å²) in [6.45, 7) is 2.34. The minimum Gasteiger partial charge on any atom is -0.371 e. The van der Waals surface area contributed by atoms with Crippen LogP contribution in [0.4, 0.5) is 5.69 Å². The summed E-state index contributed by atoms with van der Waals surface area (Å²) in [5.74, 6) is 0. The second-order valence-corrected chi connectivity index (χ2v) is 4.33. The summed E-state index contributed by atoms with van der Waals surface area (Å²) in [6.07, 6.45) is 5.45. The van der Waals surface area contributed by atoms with E-state index in [9.17, 15) is 0 Å². The van der Waals surface area contributed by atoms with Crippen molar-refractivity contribution >= 4 is 18.1 Å². The number of piperidine rings is 1. The monoisotopic (exact) mass is 250 g/mol. The molecule has 0 N–H and O–H groups in total. The van der Waals surface area contributed by atoms with E-state index in [1.54, 1.807) is 0 Å². The van der Waals surface area contributed by atoms with Gasteiger partial charge in [0.1, 0.15) is 0 Å². The van der Waals surface area contributed by atoms with Crippen LogP contribution in [-0.4, -0.2) is 13.1 Å². The van der Waals surface area contributed by atoms with Crippen LogP contribution >= 0.6 is 12.4 Å². The molecule has 0 saturated carbocycles. The normalized spacial score (nSPS) is 14.9. The van der Waals surface area contributed by atoms with Gasteiger partial charge in [0.15, 0.2) is 0 Å². The van der Waals surface area contributed by atoms with Gasteiger partial charge in [-0.3, -0.25) is 0 Å². The van der Waals surface area contributed by atoms with E-state index in [0.717, 1.165) is 6.42 Å². The molecule has 1 aromatic carbocycles. The lowest BCUT2D eigenvalue weighted by Gasteiger charge is -2.30. The van der Waals surface area contributed by atoms with E-state index in [0.29, 0.717) is 6.42 Å². The highest BCUT2D eigenvalue weighted by Crippen LogP contribution is 2.24. The number of nitrogens with zero attached hydrogens (tertiary/aromatic N) is 2. The molecule has 0 radical (unpaired) electrons. The molecule has 1 aliphatic rings. The summed E-state index contributed by atoms with van der Waals surface area (Å²) in [4.78, 5) is 2.47. The summed E-state index contributed by atoms with van der Waals surface area (Å²) >= 11 is 0. The smallest absolute Gasteiger partial charge is 0.0625 e. The van der Waals surface area contributed by atoms with Crippen LogP contribution in [0.2, 0.25) is 0 Å². The lowest BCUT2D eigenvalue weighted by molar-refractivity contribution is 0.576. The highest BCUT2D eigenvalue weighted by Gasteiger charge is 2.13. The Morgan fingerprint density at radius 1 is 1.12 bits per heavy atom. The molecule has 0 atom stereocenters. The molecule has 1 fully saturated rings. The lowest BCUT2D eigenvalue weighted by Crippen LogP contribution is -2.30. The molecule has 1 aromatic rings. The van der Waals surface area contributed by atoms with Gasteiger partial charge in [0.25, 0.3) is 0 Å². The van der Waals surface area contributed by atoms with Gasteiger partial charge in [-0.25, -0.2) is 0 Å². The van der Waals surface area contributed by atoms with Gasteiger partial charge in [-0.15, -0.1) is 12.4 Å². The van der Waals surface area contributed by atoms with Gasteiger partial charge in [0, 0.05) is 25.2 Å². The number of hydrogen-bond acceptors (Lipinski definition) is 2. The van der Waals surface area contributed by atoms with Crippen LogP contribution in [0.3, 0.4) is 0 Å². The maximum Gasteiger partial charge on any atom is 0.0625 e. The van der Waals surface area contributed by atoms with Gasteiger partial charge in [-0.1, -0.05) is 18.2 Å². The van der Waals surface area contributed by atoms with Crippen molar-refractivity contribution in [2.45, 2.75) is 32.1 Å². The number of anilines is 1. The number of aryl methyl sites for hydroxylation is 1. The first kappa shape index (κ1) is 13.9. The van der Waals surface area contributed by atoms with Crippen LogP contribution in [-0.2, 0) is 6.42 Å². The Kier molecular flexibility index (Phi) is 5.86. The van der Waals surface area contributed by atoms with Crippen LogP contribution in [0.15, 0.2) is 24.3 Å². The number of halogens is 1. The van der Waals surface area contributed by atoms with E-state index in [4.69, 9.17) is 5.26 Å². The van der Waals surface area contributed by atoms with Crippen molar-refractivity contribution in [2.24, 2.45) is 0 Å². The molecule has 2 rings (SSSR count). The molecular formula is C14H19ClN2. The first-order valence-corrected chi connectivity index (χ1v) is 6.11. The fourth-order valence-electron chi connectivity index (χ4n) is 2.36. The molecule has 1 saturated heterocycles. The Labute approximate surface area is 110 Å². The highest BCUT2D eigenvalue weighted by molar-refractivity contribution is 5.85. The molecule has 92 valence electrons. The summed E-state index contributed by atoms with van der Waals surface area (Å²) in [5, 5.41) is 8.67. The van der Waals surface area contributed by atoms with Gasteiger partial charge in [-0.2, -0.15) is 5.26 Å². The molecule has 1 heterocycles. The molecule has 17 heavy (non-hydrogen) atoms. The molecular weight excluding hydrogens is 232 g/mol. The average Bonchev–Trinajstić information content (AvgIpc) is 2.38. The first-order chi connectivity index (χ1) is 7.92. The van der Waals surface area contributed by atoms with Gasteiger partial charge >= 0.3 is 0 Å². The Morgan fingerprint density at radius 2 is 1.82 bits per heavy atom. The van der Waals surface area contributed by atoms with Crippen molar-refractivity contribution in [3.8, 4) is 6.07 Å². The summed E-state index contributed by atoms with van der Waals surface area (Å²) < 4.78 is 0. The average molecular weight is 251 g/mol. The topological polar surface area (TPSA) is 27.0 Å². The summed E-state index contributed by atoms with van der Waals surface area (Å²) in [7, 11) is 0. The number of nitriles is 1. The molecule has 3 heteroatoms. The van der Waals surface area contributed by atoms with Crippen molar-refractivity contribution in [2.75, 3.05) is 18.0 Å². The number of hydrogen-bond donors (Lipinski definition) is 0. The number of rotatable bonds is 3. The number of benzene rings is 1. The quantitative estimate of drug-likeness (QED) is 0.820. The molecule has 1 aliphatic heterocycles. The van der Waals surface area contributed by atoms with Crippen LogP contribution < -0.4 is 4.90 Å². The Bertz CT molecular complexity index is 378. The fraction of sp³-hybridized carbons (Fsp3) is 0.500. The lowest BCUT2D eigenvalue weighted by atomic mass is 10.0. The molecule has 0 aliphatic carbocycles. The molecule has 0 aromatic heterocycles. The largest absolute Gasteiger partial charge is 0.371 e. The maximum absolute atomic E-state index is 8.67. The number of para-hydroxylation sites is 1. The maximum atomic E-state index is 8.67. The van der Waals surface area contributed by atoms with Crippen molar-refractivity contribution in [3.63, 3.8) is 0 Å². The highest BCUT2D eigenvalue weighted by atomic mass is 35.5. The van der Waals surface area contributed by atoms with Gasteiger partial charge in [0.05, 0.1) is 6.07 Å². The zero-order chi connectivity index (χ0) is 11.2. The van der Waals surface area contributed by atoms with E-state index < -0.39 is 0 Å². The van der Waals surface area contributed by atoms with Crippen LogP contribution in [0.1, 0.15) is 31.2 Å². The Hall–Kier alpha value is -1.20. The third-order valence-corrected chi connectivity index (χ3v) is 3.19. The second-order valence-electron chi connectivity index (χ2n) is 4.33. The van der Waals surface area contributed by atoms with E-state index in [-0.39, 0.29) is 12.4 Å². The zero-order valence-electron chi connectivity index (χ0n) is 10.1. The van der Waals surface area contributed by atoms with Crippen molar-refractivity contribution in [1.29, 1.82) is 5.26 Å². The molecule has 0 unspecified atom stereocenters. The SMILES string of the molecule is Cl.N#CCCc1ccccc1N1CCCCC1. The first-order valence-electron chi connectivity index (χ1n) is 6.11. The van der Waals surface area contributed by atoms with E-state index in [1.807, 2.05) is 0 Å². The zero-order valence-corrected chi connectivity index (χ0v) is 10.9. The third kappa shape index (κ3) is 3.64. The fourth-order valence-corrected chi connectivity index (χ4v) is 2.36. The molecule has 0 spiro atoms. The predicted molar refractivity (Wildman–Crippen MR) is 73.7 cm³/mol. The van der Waals surface area contributed by atoms with Gasteiger partial charge < -0.3 is 4.90 Å². The molecule has 2 nitrogen and oxygen atoms in total. The predicted octanol–water partition coefficient (Wildman–Crippen LogP) is 3.55. The van der Waals surface area contributed by atoms with Crippen molar-refractivity contribution < 1.29 is 0 Å². The molecule has 0 amide bonds. The van der Waals surface area contributed by atoms with Crippen LogP contribution in [0.25, 0.3) is 0 Å². The minimum absolute atomic E-state index is 0. The van der Waals surface area contributed by atoms with E-state index >= 15 is 0 Å². The van der Waals surface area contributed by atoms with Crippen molar-refractivity contribution in [1.82, 2.24) is 0 Å². The van der Waals surface area contributed by atoms with Crippen molar-refractivity contribution in [3.05, 3.63) is 29.8 Å². The van der Waals surface area contributed by atoms with Gasteiger partial charge in [0.2, 0.25) is 0 Å². The Morgan fingerprint density at radius 3 is 2.53 bits per heavy atom. The standard InChI is InChI=1S/C14H18N2.ClH/c15-10-6-8-13-7-2-3-9-14(13)16-11-4-1-5-12-16;/h2-3,7,9H,1,4-6,8,11-12H2;1H. The third-order valence-electron chi connectivity index (χ3n) is 3.19. The minimum atomic E-state index is 0. The van der Waals surface area contributed by atoms with Gasteiger partial charge in [-0.05, 0) is 37.3 Å². The van der Waals surface area contributed by atoms with Crippen LogP contribution in [0, 0.1) is 11.3 Å². The Balaban J connectivity index is 0.00000144. The van der Waals surface area contributed by atoms with E-state index in [1.165, 1.54) is 43.6 Å². The summed E-state index contributed by atoms with van der Waals surface area (Å²) in [6, 6.07) is 10.7. The summed E-state index contributed by atoms with van der Waals surface area (Å²) in [5.41, 5.74) is 2.67. The van der Waals surface area contributed by atoms with Crippen LogP contribution in [0.5, 0.6) is 0 Å². The molecule has 0 bridgehead atoms. The van der Waals surface area contributed by atoms with E-state index in [2.05, 4.69) is 35.2 Å². The second kappa shape index (κ2) is 7.19.